The van der Waals surface area contributed by atoms with Gasteiger partial charge in [0.2, 0.25) is 0 Å². The van der Waals surface area contributed by atoms with Crippen molar-refractivity contribution >= 4 is 17.9 Å². The average Bonchev–Trinajstić information content (AvgIpc) is 2.66. The van der Waals surface area contributed by atoms with Gasteiger partial charge in [-0.25, -0.2) is 0 Å². The SMILES string of the molecule is CCOc1cc(C=CC(=O)c2ccc(OC)c3c2OC(C)(C)C=C3)ccc1O. The van der Waals surface area contributed by atoms with E-state index in [1.165, 1.54) is 6.08 Å². The second-order valence-electron chi connectivity index (χ2n) is 6.95. The quantitative estimate of drug-likeness (QED) is 0.572. The van der Waals surface area contributed by atoms with Gasteiger partial charge in [0, 0.05) is 0 Å². The van der Waals surface area contributed by atoms with E-state index in [0.717, 1.165) is 11.1 Å². The fourth-order valence-corrected chi connectivity index (χ4v) is 2.97. The van der Waals surface area contributed by atoms with Gasteiger partial charge in [-0.3, -0.25) is 4.79 Å². The van der Waals surface area contributed by atoms with Gasteiger partial charge in [-0.1, -0.05) is 12.1 Å². The van der Waals surface area contributed by atoms with Crippen LogP contribution in [0.3, 0.4) is 0 Å². The first-order valence-electron chi connectivity index (χ1n) is 9.12. The van der Waals surface area contributed by atoms with Gasteiger partial charge < -0.3 is 19.3 Å². The van der Waals surface area contributed by atoms with Crippen LogP contribution in [-0.4, -0.2) is 30.2 Å². The maximum Gasteiger partial charge on any atom is 0.189 e. The van der Waals surface area contributed by atoms with Gasteiger partial charge in [-0.2, -0.15) is 0 Å². The van der Waals surface area contributed by atoms with Crippen LogP contribution in [0, 0.1) is 0 Å². The molecular formula is C23H24O5. The number of aromatic hydroxyl groups is 1. The van der Waals surface area contributed by atoms with Gasteiger partial charge in [0.05, 0.1) is 24.8 Å². The predicted molar refractivity (Wildman–Crippen MR) is 109 cm³/mol. The molecule has 0 atom stereocenters. The molecular weight excluding hydrogens is 356 g/mol. The topological polar surface area (TPSA) is 65.0 Å². The Morgan fingerprint density at radius 3 is 2.71 bits per heavy atom. The molecule has 1 aliphatic rings. The summed E-state index contributed by atoms with van der Waals surface area (Å²) in [6.07, 6.45) is 7.03. The lowest BCUT2D eigenvalue weighted by Gasteiger charge is -2.29. The second-order valence-corrected chi connectivity index (χ2v) is 6.95. The zero-order valence-electron chi connectivity index (χ0n) is 16.5. The van der Waals surface area contributed by atoms with Gasteiger partial charge in [-0.15, -0.1) is 0 Å². The number of ketones is 1. The highest BCUT2D eigenvalue weighted by Gasteiger charge is 2.27. The van der Waals surface area contributed by atoms with E-state index in [9.17, 15) is 9.90 Å². The lowest BCUT2D eigenvalue weighted by molar-refractivity contribution is 0.103. The lowest BCUT2D eigenvalue weighted by Crippen LogP contribution is -2.28. The molecule has 28 heavy (non-hydrogen) atoms. The van der Waals surface area contributed by atoms with E-state index in [1.54, 1.807) is 43.5 Å². The summed E-state index contributed by atoms with van der Waals surface area (Å²) in [5, 5.41) is 9.80. The first-order valence-corrected chi connectivity index (χ1v) is 9.12. The van der Waals surface area contributed by atoms with Crippen LogP contribution in [0.1, 0.15) is 42.3 Å². The van der Waals surface area contributed by atoms with Gasteiger partial charge >= 0.3 is 0 Å². The minimum atomic E-state index is -0.512. The summed E-state index contributed by atoms with van der Waals surface area (Å²) in [6.45, 7) is 6.15. The fourth-order valence-electron chi connectivity index (χ4n) is 2.97. The molecule has 1 heterocycles. The highest BCUT2D eigenvalue weighted by atomic mass is 16.5. The molecule has 0 bridgehead atoms. The standard InChI is InChI=1S/C23H24O5/c1-5-27-21-14-15(7-10-19(21)25)6-9-18(24)16-8-11-20(26-4)17-12-13-23(2,3)28-22(16)17/h6-14,25H,5H2,1-4H3. The molecule has 0 unspecified atom stereocenters. The number of carbonyl (C=O) groups excluding carboxylic acids is 1. The molecule has 5 nitrogen and oxygen atoms in total. The number of fused-ring (bicyclic) bond motifs is 1. The van der Waals surface area contributed by atoms with Crippen molar-refractivity contribution in [2.75, 3.05) is 13.7 Å². The molecule has 0 spiro atoms. The zero-order chi connectivity index (χ0) is 20.3. The van der Waals surface area contributed by atoms with Gasteiger partial charge in [0.1, 0.15) is 17.1 Å². The Hall–Kier alpha value is -3.21. The summed E-state index contributed by atoms with van der Waals surface area (Å²) in [5.41, 5.74) is 1.46. The van der Waals surface area contributed by atoms with E-state index in [2.05, 4.69) is 0 Å². The maximum absolute atomic E-state index is 12.9. The average molecular weight is 380 g/mol. The summed E-state index contributed by atoms with van der Waals surface area (Å²) in [5.74, 6) is 1.44. The molecule has 3 rings (SSSR count). The van der Waals surface area contributed by atoms with Gasteiger partial charge in [0.25, 0.3) is 0 Å². The molecule has 1 N–H and O–H groups in total. The summed E-state index contributed by atoms with van der Waals surface area (Å²) < 4.78 is 16.8. The Bertz CT molecular complexity index is 954. The fraction of sp³-hybridized carbons (Fsp3) is 0.261. The van der Waals surface area contributed by atoms with E-state index in [1.807, 2.05) is 32.9 Å². The Kier molecular flexibility index (Phi) is 5.45. The molecule has 0 fully saturated rings. The molecule has 0 saturated heterocycles. The normalized spacial score (nSPS) is 14.4. The van der Waals surface area contributed by atoms with Crippen LogP contribution in [0.2, 0.25) is 0 Å². The van der Waals surface area contributed by atoms with Crippen molar-refractivity contribution in [3.63, 3.8) is 0 Å². The third-order valence-electron chi connectivity index (χ3n) is 4.37. The van der Waals surface area contributed by atoms with Crippen molar-refractivity contribution in [1.82, 2.24) is 0 Å². The largest absolute Gasteiger partial charge is 0.504 e. The lowest BCUT2D eigenvalue weighted by atomic mass is 9.97. The number of carbonyl (C=O) groups is 1. The molecule has 5 heteroatoms. The minimum absolute atomic E-state index is 0.0666. The number of hydrogen-bond acceptors (Lipinski definition) is 5. The molecule has 0 radical (unpaired) electrons. The van der Waals surface area contributed by atoms with E-state index in [0.29, 0.717) is 29.4 Å². The van der Waals surface area contributed by atoms with Crippen LogP contribution in [0.5, 0.6) is 23.0 Å². The summed E-state index contributed by atoms with van der Waals surface area (Å²) in [6, 6.07) is 8.42. The molecule has 146 valence electrons. The van der Waals surface area contributed by atoms with Crippen LogP contribution in [0.15, 0.2) is 42.5 Å². The Labute approximate surface area is 164 Å². The first-order chi connectivity index (χ1) is 13.3. The smallest absolute Gasteiger partial charge is 0.189 e. The van der Waals surface area contributed by atoms with Gasteiger partial charge in [0.15, 0.2) is 17.3 Å². The van der Waals surface area contributed by atoms with E-state index >= 15 is 0 Å². The second kappa shape index (κ2) is 7.80. The molecule has 2 aromatic rings. The van der Waals surface area contributed by atoms with Crippen molar-refractivity contribution in [1.29, 1.82) is 0 Å². The van der Waals surface area contributed by atoms with E-state index in [4.69, 9.17) is 14.2 Å². The Balaban J connectivity index is 1.93. The molecule has 0 amide bonds. The van der Waals surface area contributed by atoms with Gasteiger partial charge in [-0.05, 0) is 68.8 Å². The van der Waals surface area contributed by atoms with Crippen molar-refractivity contribution in [3.8, 4) is 23.0 Å². The number of rotatable bonds is 6. The molecule has 0 aromatic heterocycles. The third-order valence-corrected chi connectivity index (χ3v) is 4.37. The predicted octanol–water partition coefficient (Wildman–Crippen LogP) is 4.88. The molecule has 2 aromatic carbocycles. The molecule has 0 saturated carbocycles. The van der Waals surface area contributed by atoms with Crippen molar-refractivity contribution in [2.45, 2.75) is 26.4 Å². The van der Waals surface area contributed by atoms with Crippen LogP contribution < -0.4 is 14.2 Å². The number of allylic oxidation sites excluding steroid dienone is 1. The number of methoxy groups -OCH3 is 1. The summed E-state index contributed by atoms with van der Waals surface area (Å²) in [4.78, 5) is 12.9. The third kappa shape index (κ3) is 4.03. The Morgan fingerprint density at radius 2 is 2.00 bits per heavy atom. The van der Waals surface area contributed by atoms with Crippen LogP contribution >= 0.6 is 0 Å². The van der Waals surface area contributed by atoms with Crippen molar-refractivity contribution in [3.05, 3.63) is 59.2 Å². The van der Waals surface area contributed by atoms with E-state index in [-0.39, 0.29) is 11.5 Å². The maximum atomic E-state index is 12.9. The molecule has 1 aliphatic heterocycles. The first kappa shape index (κ1) is 19.5. The minimum Gasteiger partial charge on any atom is -0.504 e. The summed E-state index contributed by atoms with van der Waals surface area (Å²) >= 11 is 0. The number of ether oxygens (including phenoxy) is 3. The highest BCUT2D eigenvalue weighted by molar-refractivity contribution is 6.09. The summed E-state index contributed by atoms with van der Waals surface area (Å²) in [7, 11) is 1.59. The highest BCUT2D eigenvalue weighted by Crippen LogP contribution is 2.40. The van der Waals surface area contributed by atoms with Crippen LogP contribution in [0.25, 0.3) is 12.2 Å². The number of phenols is 1. The van der Waals surface area contributed by atoms with Crippen molar-refractivity contribution < 1.29 is 24.1 Å². The van der Waals surface area contributed by atoms with Crippen molar-refractivity contribution in [2.24, 2.45) is 0 Å². The Morgan fingerprint density at radius 1 is 1.21 bits per heavy atom. The number of phenolic OH excluding ortho intramolecular Hbond substituents is 1. The van der Waals surface area contributed by atoms with Crippen LogP contribution in [-0.2, 0) is 0 Å². The monoisotopic (exact) mass is 380 g/mol. The number of hydrogen-bond donors (Lipinski definition) is 1. The molecule has 0 aliphatic carbocycles. The number of benzene rings is 2. The zero-order valence-corrected chi connectivity index (χ0v) is 16.5. The van der Waals surface area contributed by atoms with E-state index < -0.39 is 5.60 Å². The van der Waals surface area contributed by atoms with Crippen LogP contribution in [0.4, 0.5) is 0 Å².